The standard InChI is InChI=1S/C19H13F3N6O.C18H12F3N5/c1-27-9-24-14-17(27)25-16(10-5-7-11(20)8-6-10)26-18(14)28(19(23)29)15-12(21)3-2-4-13(15)22;1-26-9-22-15-17(23-14-12(20)3-2-4-13(14)21)24-16(25-18(15)26)10-5-7-11(19)8-6-10/h2-9H,1H3,(H2,23,29);2-9H,1H3,(H,23,24,25). The maximum atomic E-state index is 14.4. The van der Waals surface area contributed by atoms with E-state index in [0.717, 1.165) is 30.3 Å². The van der Waals surface area contributed by atoms with E-state index in [4.69, 9.17) is 5.73 Å². The fourth-order valence-corrected chi connectivity index (χ4v) is 5.46. The number of para-hydroxylation sites is 2. The Balaban J connectivity index is 0.000000170. The molecule has 4 aromatic heterocycles. The van der Waals surface area contributed by atoms with Gasteiger partial charge in [-0.05, 0) is 72.8 Å². The molecule has 8 aromatic rings. The third-order valence-corrected chi connectivity index (χ3v) is 8.11. The summed E-state index contributed by atoms with van der Waals surface area (Å²) in [6, 6.07) is 16.5. The zero-order chi connectivity index (χ0) is 39.0. The normalized spacial score (nSPS) is 11.1. The van der Waals surface area contributed by atoms with Gasteiger partial charge >= 0.3 is 6.03 Å². The molecule has 0 aliphatic rings. The molecule has 0 fully saturated rings. The van der Waals surface area contributed by atoms with Crippen molar-refractivity contribution in [2.45, 2.75) is 0 Å². The molecular weight excluding hydrogens is 728 g/mol. The van der Waals surface area contributed by atoms with Crippen molar-refractivity contribution < 1.29 is 31.1 Å². The molecule has 4 aromatic carbocycles. The summed E-state index contributed by atoms with van der Waals surface area (Å²) >= 11 is 0. The molecule has 0 spiro atoms. The van der Waals surface area contributed by atoms with E-state index >= 15 is 0 Å². The number of nitrogens with zero attached hydrogens (tertiary/aromatic N) is 9. The number of nitrogens with one attached hydrogen (secondary N) is 1. The number of anilines is 4. The number of amides is 2. The van der Waals surface area contributed by atoms with Crippen LogP contribution in [0.4, 0.5) is 54.1 Å². The van der Waals surface area contributed by atoms with Gasteiger partial charge in [-0.15, -0.1) is 0 Å². The largest absolute Gasteiger partial charge is 0.351 e. The van der Waals surface area contributed by atoms with E-state index in [-0.39, 0.29) is 46.0 Å². The molecule has 3 N–H and O–H groups in total. The van der Waals surface area contributed by atoms with Crippen molar-refractivity contribution >= 4 is 51.4 Å². The smallest absolute Gasteiger partial charge is 0.325 e. The number of aromatic nitrogens is 8. The summed E-state index contributed by atoms with van der Waals surface area (Å²) in [5.41, 5.74) is 6.66. The number of urea groups is 1. The second-order valence-corrected chi connectivity index (χ2v) is 11.8. The lowest BCUT2D eigenvalue weighted by molar-refractivity contribution is 0.255. The highest BCUT2D eigenvalue weighted by Crippen LogP contribution is 2.35. The first-order valence-electron chi connectivity index (χ1n) is 16.0. The highest BCUT2D eigenvalue weighted by molar-refractivity contribution is 6.04. The van der Waals surface area contributed by atoms with E-state index in [9.17, 15) is 31.1 Å². The molecule has 18 heteroatoms. The van der Waals surface area contributed by atoms with Crippen LogP contribution in [0.1, 0.15) is 0 Å². The Morgan fingerprint density at radius 1 is 0.618 bits per heavy atom. The van der Waals surface area contributed by atoms with Crippen LogP contribution in [0.25, 0.3) is 45.1 Å². The van der Waals surface area contributed by atoms with Gasteiger partial charge in [0.2, 0.25) is 0 Å². The van der Waals surface area contributed by atoms with E-state index in [1.807, 2.05) is 0 Å². The van der Waals surface area contributed by atoms with Gasteiger partial charge in [0, 0.05) is 25.2 Å². The summed E-state index contributed by atoms with van der Waals surface area (Å²) in [6.45, 7) is 0. The SMILES string of the molecule is Cn1cnc2c(N(C(N)=O)c3c(F)cccc3F)nc(-c3ccc(F)cc3)nc21.Cn1cnc2c(Nc3c(F)cccc3F)nc(-c3ccc(F)cc3)nc21. The van der Waals surface area contributed by atoms with Crippen LogP contribution >= 0.6 is 0 Å². The summed E-state index contributed by atoms with van der Waals surface area (Å²) < 4.78 is 86.5. The van der Waals surface area contributed by atoms with Crippen LogP contribution in [-0.4, -0.2) is 45.1 Å². The van der Waals surface area contributed by atoms with E-state index in [2.05, 4.69) is 35.2 Å². The summed E-state index contributed by atoms with van der Waals surface area (Å²) in [7, 11) is 3.39. The quantitative estimate of drug-likeness (QED) is 0.163. The zero-order valence-electron chi connectivity index (χ0n) is 28.5. The maximum absolute atomic E-state index is 14.4. The Morgan fingerprint density at radius 2 is 1.07 bits per heavy atom. The summed E-state index contributed by atoms with van der Waals surface area (Å²) in [5, 5.41) is 2.67. The van der Waals surface area contributed by atoms with Gasteiger partial charge in [-0.3, -0.25) is 0 Å². The van der Waals surface area contributed by atoms with Gasteiger partial charge in [0.25, 0.3) is 0 Å². The minimum absolute atomic E-state index is 0.0964. The number of rotatable bonds is 6. The molecule has 55 heavy (non-hydrogen) atoms. The van der Waals surface area contributed by atoms with Gasteiger partial charge < -0.3 is 20.2 Å². The number of halogens is 6. The van der Waals surface area contributed by atoms with Crippen molar-refractivity contribution in [1.29, 1.82) is 0 Å². The first-order valence-corrected chi connectivity index (χ1v) is 16.0. The average molecular weight is 754 g/mol. The predicted molar refractivity (Wildman–Crippen MR) is 191 cm³/mol. The third kappa shape index (κ3) is 7.07. The van der Waals surface area contributed by atoms with Crippen LogP contribution in [0.2, 0.25) is 0 Å². The molecule has 0 aliphatic carbocycles. The Kier molecular flexibility index (Phi) is 9.54. The van der Waals surface area contributed by atoms with Crippen molar-refractivity contribution in [3.8, 4) is 22.8 Å². The van der Waals surface area contributed by atoms with Crippen molar-refractivity contribution in [3.63, 3.8) is 0 Å². The van der Waals surface area contributed by atoms with Crippen LogP contribution in [0.5, 0.6) is 0 Å². The molecule has 0 saturated carbocycles. The van der Waals surface area contributed by atoms with Crippen molar-refractivity contribution in [2.24, 2.45) is 19.8 Å². The van der Waals surface area contributed by atoms with Gasteiger partial charge in [-0.2, -0.15) is 0 Å². The Hall–Kier alpha value is -7.37. The number of imidazole rings is 2. The number of benzene rings is 4. The second kappa shape index (κ2) is 14.6. The zero-order valence-corrected chi connectivity index (χ0v) is 28.5. The Labute approximate surface area is 306 Å². The minimum atomic E-state index is -1.16. The molecule has 8 rings (SSSR count). The first-order chi connectivity index (χ1) is 26.4. The van der Waals surface area contributed by atoms with Gasteiger partial charge in [0.15, 0.2) is 45.6 Å². The lowest BCUT2D eigenvalue weighted by Crippen LogP contribution is -2.34. The van der Waals surface area contributed by atoms with E-state index in [1.54, 1.807) is 23.2 Å². The van der Waals surface area contributed by atoms with E-state index < -0.39 is 40.8 Å². The lowest BCUT2D eigenvalue weighted by Gasteiger charge is -2.21. The molecular formula is C37H25F6N11O. The topological polar surface area (TPSA) is 146 Å². The highest BCUT2D eigenvalue weighted by atomic mass is 19.2. The van der Waals surface area contributed by atoms with Crippen molar-refractivity contribution in [1.82, 2.24) is 39.0 Å². The van der Waals surface area contributed by atoms with Crippen LogP contribution in [0.15, 0.2) is 97.6 Å². The van der Waals surface area contributed by atoms with Crippen LogP contribution in [0, 0.1) is 34.9 Å². The molecule has 276 valence electrons. The predicted octanol–water partition coefficient (Wildman–Crippen LogP) is 7.86. The first kappa shape index (κ1) is 36.0. The summed E-state index contributed by atoms with van der Waals surface area (Å²) in [5.74, 6) is -4.04. The highest BCUT2D eigenvalue weighted by Gasteiger charge is 2.28. The second-order valence-electron chi connectivity index (χ2n) is 11.8. The molecule has 0 unspecified atom stereocenters. The Morgan fingerprint density at radius 3 is 1.58 bits per heavy atom. The molecule has 2 amide bonds. The minimum Gasteiger partial charge on any atom is -0.351 e. The van der Waals surface area contributed by atoms with Crippen molar-refractivity contribution in [3.05, 3.63) is 132 Å². The number of primary amides is 1. The van der Waals surface area contributed by atoms with E-state index in [1.165, 1.54) is 67.3 Å². The van der Waals surface area contributed by atoms with Gasteiger partial charge in [0.05, 0.1) is 12.7 Å². The molecule has 0 radical (unpaired) electrons. The Bertz CT molecular complexity index is 2680. The van der Waals surface area contributed by atoms with Gasteiger partial charge in [-0.1, -0.05) is 12.1 Å². The lowest BCUT2D eigenvalue weighted by atomic mass is 10.2. The molecule has 0 atom stereocenters. The number of carbonyl (C=O) groups excluding carboxylic acids is 1. The number of hydrogen-bond donors (Lipinski definition) is 2. The number of hydrogen-bond acceptors (Lipinski definition) is 8. The average Bonchev–Trinajstić information content (AvgIpc) is 3.73. The number of carbonyl (C=O) groups is 1. The molecule has 12 nitrogen and oxygen atoms in total. The van der Waals surface area contributed by atoms with Crippen LogP contribution in [-0.2, 0) is 14.1 Å². The number of aryl methyl sites for hydroxylation is 2. The summed E-state index contributed by atoms with van der Waals surface area (Å²) in [4.78, 5) is 38.6. The third-order valence-electron chi connectivity index (χ3n) is 8.11. The number of nitrogens with two attached hydrogens (primary N) is 1. The summed E-state index contributed by atoms with van der Waals surface area (Å²) in [6.07, 6.45) is 2.94. The molecule has 0 aliphatic heterocycles. The fraction of sp³-hybridized carbons (Fsp3) is 0.0541. The van der Waals surface area contributed by atoms with Crippen molar-refractivity contribution in [2.75, 3.05) is 10.2 Å². The maximum Gasteiger partial charge on any atom is 0.325 e. The van der Waals surface area contributed by atoms with E-state index in [0.29, 0.717) is 27.2 Å². The molecule has 0 saturated heterocycles. The molecule has 4 heterocycles. The fourth-order valence-electron chi connectivity index (χ4n) is 5.46. The van der Waals surface area contributed by atoms with Gasteiger partial charge in [0.1, 0.15) is 46.3 Å². The van der Waals surface area contributed by atoms with Crippen LogP contribution < -0.4 is 16.0 Å². The molecule has 0 bridgehead atoms. The van der Waals surface area contributed by atoms with Crippen LogP contribution in [0.3, 0.4) is 0 Å². The monoisotopic (exact) mass is 753 g/mol. The number of fused-ring (bicyclic) bond motifs is 2. The van der Waals surface area contributed by atoms with Gasteiger partial charge in [-0.25, -0.2) is 65.9 Å².